The van der Waals surface area contributed by atoms with Crippen molar-refractivity contribution in [2.45, 2.75) is 24.7 Å². The smallest absolute Gasteiger partial charge is 0.135 e. The van der Waals surface area contributed by atoms with Crippen LogP contribution in [-0.2, 0) is 10.8 Å². The van der Waals surface area contributed by atoms with Gasteiger partial charge in [-0.3, -0.25) is 0 Å². The molecule has 0 saturated heterocycles. The number of benzene rings is 8. The van der Waals surface area contributed by atoms with Gasteiger partial charge in [-0.2, -0.15) is 0 Å². The van der Waals surface area contributed by atoms with Crippen molar-refractivity contribution in [1.82, 2.24) is 0 Å². The van der Waals surface area contributed by atoms with Gasteiger partial charge in [0.15, 0.2) is 0 Å². The van der Waals surface area contributed by atoms with Crippen molar-refractivity contribution < 1.29 is 4.42 Å². The van der Waals surface area contributed by atoms with Gasteiger partial charge in [0, 0.05) is 27.6 Å². The van der Waals surface area contributed by atoms with E-state index in [2.05, 4.69) is 195 Å². The molecule has 0 amide bonds. The largest absolute Gasteiger partial charge is 0.456 e. The summed E-state index contributed by atoms with van der Waals surface area (Å²) in [4.78, 5) is 0. The molecule has 54 heavy (non-hydrogen) atoms. The summed E-state index contributed by atoms with van der Waals surface area (Å²) in [6.07, 6.45) is 0. The number of nitrogens with one attached hydrogen (secondary N) is 1. The Kier molecular flexibility index (Phi) is 6.55. The molecule has 11 rings (SSSR count). The highest BCUT2D eigenvalue weighted by Gasteiger charge is 2.46. The minimum atomic E-state index is -0.440. The molecule has 0 saturated carbocycles. The van der Waals surface area contributed by atoms with Crippen molar-refractivity contribution in [2.75, 3.05) is 5.32 Å². The summed E-state index contributed by atoms with van der Waals surface area (Å²) in [5.41, 5.74) is 18.8. The lowest BCUT2D eigenvalue weighted by Crippen LogP contribution is -2.28. The van der Waals surface area contributed by atoms with E-state index in [1.165, 1.54) is 77.5 Å². The number of hydrogen-bond acceptors (Lipinski definition) is 2. The molecule has 0 aliphatic heterocycles. The highest BCUT2D eigenvalue weighted by Crippen LogP contribution is 2.57. The Morgan fingerprint density at radius 1 is 0.444 bits per heavy atom. The van der Waals surface area contributed by atoms with E-state index < -0.39 is 5.41 Å². The molecule has 2 nitrogen and oxygen atoms in total. The quantitative estimate of drug-likeness (QED) is 0.194. The van der Waals surface area contributed by atoms with E-state index in [1.54, 1.807) is 0 Å². The van der Waals surface area contributed by atoms with Gasteiger partial charge in [-0.25, -0.2) is 0 Å². The van der Waals surface area contributed by atoms with Gasteiger partial charge in [0.25, 0.3) is 0 Å². The normalized spacial score (nSPS) is 14.4. The van der Waals surface area contributed by atoms with Crippen molar-refractivity contribution >= 4 is 33.3 Å². The first-order valence-corrected chi connectivity index (χ1v) is 18.8. The molecule has 0 bridgehead atoms. The second-order valence-corrected chi connectivity index (χ2v) is 15.3. The van der Waals surface area contributed by atoms with Crippen LogP contribution in [0.25, 0.3) is 55.3 Å². The molecule has 2 heteroatoms. The molecule has 2 aliphatic carbocycles. The van der Waals surface area contributed by atoms with Gasteiger partial charge in [0.1, 0.15) is 11.2 Å². The highest BCUT2D eigenvalue weighted by atomic mass is 16.3. The zero-order valence-electron chi connectivity index (χ0n) is 30.2. The van der Waals surface area contributed by atoms with Crippen LogP contribution in [0.3, 0.4) is 0 Å². The Balaban J connectivity index is 1.02. The molecular formula is C52H37NO. The number of para-hydroxylation sites is 1. The summed E-state index contributed by atoms with van der Waals surface area (Å²) >= 11 is 0. The van der Waals surface area contributed by atoms with E-state index in [4.69, 9.17) is 4.42 Å². The number of fused-ring (bicyclic) bond motifs is 10. The average Bonchev–Trinajstić information content (AvgIpc) is 3.82. The number of furan rings is 1. The van der Waals surface area contributed by atoms with Crippen LogP contribution >= 0.6 is 0 Å². The zero-order chi connectivity index (χ0) is 36.0. The van der Waals surface area contributed by atoms with E-state index in [1.807, 2.05) is 6.07 Å². The van der Waals surface area contributed by atoms with Crippen LogP contribution in [0.5, 0.6) is 0 Å². The molecule has 0 spiro atoms. The Bertz CT molecular complexity index is 2900. The average molecular weight is 692 g/mol. The van der Waals surface area contributed by atoms with Crippen molar-refractivity contribution in [1.29, 1.82) is 0 Å². The van der Waals surface area contributed by atoms with Gasteiger partial charge in [-0.05, 0) is 103 Å². The SMILES string of the molecule is CC1(C)c2cccc(-c3cccc(Nc4cccc(C5(c6ccccc6)c6ccccc6-c6ccccc65)c4)c3)c2-c2ccc3oc4ccccc4c3c21. The van der Waals surface area contributed by atoms with Gasteiger partial charge in [-0.15, -0.1) is 0 Å². The topological polar surface area (TPSA) is 25.2 Å². The van der Waals surface area contributed by atoms with Crippen LogP contribution in [0.15, 0.2) is 186 Å². The van der Waals surface area contributed by atoms with Gasteiger partial charge in [0.2, 0.25) is 0 Å². The number of hydrogen-bond donors (Lipinski definition) is 1. The van der Waals surface area contributed by atoms with Crippen molar-refractivity contribution in [3.63, 3.8) is 0 Å². The summed E-state index contributed by atoms with van der Waals surface area (Å²) in [5, 5.41) is 6.23. The lowest BCUT2D eigenvalue weighted by atomic mass is 9.67. The second-order valence-electron chi connectivity index (χ2n) is 15.3. The van der Waals surface area contributed by atoms with E-state index in [-0.39, 0.29) is 5.41 Å². The molecule has 0 radical (unpaired) electrons. The summed E-state index contributed by atoms with van der Waals surface area (Å²) < 4.78 is 6.36. The summed E-state index contributed by atoms with van der Waals surface area (Å²) in [5.74, 6) is 0. The van der Waals surface area contributed by atoms with Gasteiger partial charge >= 0.3 is 0 Å². The van der Waals surface area contributed by atoms with Crippen LogP contribution in [0.1, 0.15) is 47.2 Å². The molecule has 0 atom stereocenters. The van der Waals surface area contributed by atoms with E-state index >= 15 is 0 Å². The standard InChI is InChI=1S/C52H37NO/c1-51(2)45-27-14-24-38(48(45)42-29-30-47-49(50(42)51)41-23-8-11-28-46(41)54-47)33-15-12-19-36(31-33)53-37-20-13-18-35(32-37)52(34-16-4-3-5-17-34)43-25-9-6-21-39(43)40-22-7-10-26-44(40)52/h3-32,53H,1-2H3. The van der Waals surface area contributed by atoms with Crippen molar-refractivity contribution in [2.24, 2.45) is 0 Å². The maximum Gasteiger partial charge on any atom is 0.135 e. The molecule has 2 aliphatic rings. The molecule has 8 aromatic carbocycles. The van der Waals surface area contributed by atoms with E-state index in [0.717, 1.165) is 22.5 Å². The Morgan fingerprint density at radius 2 is 1.06 bits per heavy atom. The summed E-state index contributed by atoms with van der Waals surface area (Å²) in [6, 6.07) is 66.4. The second kappa shape index (κ2) is 11.4. The fourth-order valence-electron chi connectivity index (χ4n) is 9.89. The Labute approximate surface area is 315 Å². The Morgan fingerprint density at radius 3 is 1.85 bits per heavy atom. The van der Waals surface area contributed by atoms with Crippen LogP contribution < -0.4 is 5.32 Å². The summed E-state index contributed by atoms with van der Waals surface area (Å²) in [6.45, 7) is 4.72. The minimum Gasteiger partial charge on any atom is -0.456 e. The van der Waals surface area contributed by atoms with E-state index in [0.29, 0.717) is 0 Å². The highest BCUT2D eigenvalue weighted by molar-refractivity contribution is 6.12. The molecule has 1 heterocycles. The third-order valence-electron chi connectivity index (χ3n) is 12.1. The Hall–Kier alpha value is -6.64. The number of rotatable bonds is 5. The van der Waals surface area contributed by atoms with Gasteiger partial charge in [0.05, 0.1) is 5.41 Å². The van der Waals surface area contributed by atoms with Crippen molar-refractivity contribution in [3.05, 3.63) is 215 Å². The molecule has 0 unspecified atom stereocenters. The predicted octanol–water partition coefficient (Wildman–Crippen LogP) is 13.7. The molecule has 1 N–H and O–H groups in total. The molecular weight excluding hydrogens is 655 g/mol. The van der Waals surface area contributed by atoms with Crippen LogP contribution in [0, 0.1) is 0 Å². The first kappa shape index (κ1) is 30.9. The maximum atomic E-state index is 6.36. The minimum absolute atomic E-state index is 0.185. The molecule has 0 fully saturated rings. The zero-order valence-corrected chi connectivity index (χ0v) is 30.2. The first-order valence-electron chi connectivity index (χ1n) is 18.8. The fraction of sp³-hybridized carbons (Fsp3) is 0.0769. The number of anilines is 2. The lowest BCUT2D eigenvalue weighted by Gasteiger charge is -2.34. The third-order valence-corrected chi connectivity index (χ3v) is 12.1. The first-order chi connectivity index (χ1) is 26.5. The fourth-order valence-corrected chi connectivity index (χ4v) is 9.89. The van der Waals surface area contributed by atoms with Gasteiger partial charge < -0.3 is 9.73 Å². The monoisotopic (exact) mass is 691 g/mol. The van der Waals surface area contributed by atoms with E-state index in [9.17, 15) is 0 Å². The predicted molar refractivity (Wildman–Crippen MR) is 224 cm³/mol. The van der Waals surface area contributed by atoms with Crippen molar-refractivity contribution in [3.8, 4) is 33.4 Å². The van der Waals surface area contributed by atoms with Crippen LogP contribution in [-0.4, -0.2) is 0 Å². The molecule has 256 valence electrons. The van der Waals surface area contributed by atoms with Crippen LogP contribution in [0.2, 0.25) is 0 Å². The van der Waals surface area contributed by atoms with Gasteiger partial charge in [-0.1, -0.05) is 159 Å². The summed E-state index contributed by atoms with van der Waals surface area (Å²) in [7, 11) is 0. The van der Waals surface area contributed by atoms with Crippen LogP contribution in [0.4, 0.5) is 11.4 Å². The maximum absolute atomic E-state index is 6.36. The third kappa shape index (κ3) is 4.22. The molecule has 1 aromatic heterocycles. The lowest BCUT2D eigenvalue weighted by molar-refractivity contribution is 0.657. The molecule has 9 aromatic rings.